The molecule has 0 saturated heterocycles. The molecule has 2 atom stereocenters. The second-order valence-electron chi connectivity index (χ2n) is 2.28. The summed E-state index contributed by atoms with van der Waals surface area (Å²) < 4.78 is 34.9. The van der Waals surface area contributed by atoms with E-state index in [2.05, 4.69) is 5.32 Å². The van der Waals surface area contributed by atoms with Crippen LogP contribution in [0, 0.1) is 5.92 Å². The molecule has 1 saturated carbocycles. The van der Waals surface area contributed by atoms with E-state index in [0.717, 1.165) is 0 Å². The summed E-state index contributed by atoms with van der Waals surface area (Å²) in [7, 11) is 1.55. The summed E-state index contributed by atoms with van der Waals surface area (Å²) in [5.74, 6) is -1.08. The first-order valence-corrected chi connectivity index (χ1v) is 2.79. The highest BCUT2D eigenvalue weighted by molar-refractivity contribution is 4.96. The largest absolute Gasteiger partial charge is 0.393 e. The topological polar surface area (TPSA) is 12.0 Å². The van der Waals surface area contributed by atoms with Gasteiger partial charge in [-0.3, -0.25) is 0 Å². The van der Waals surface area contributed by atoms with Crippen molar-refractivity contribution in [1.29, 1.82) is 0 Å². The Labute approximate surface area is 51.2 Å². The van der Waals surface area contributed by atoms with Gasteiger partial charge in [-0.25, -0.2) is 0 Å². The normalized spacial score (nSPS) is 34.7. The second-order valence-corrected chi connectivity index (χ2v) is 2.28. The van der Waals surface area contributed by atoms with Gasteiger partial charge in [-0.05, 0) is 13.5 Å². The van der Waals surface area contributed by atoms with E-state index in [-0.39, 0.29) is 12.5 Å². The highest BCUT2D eigenvalue weighted by Crippen LogP contribution is 2.44. The van der Waals surface area contributed by atoms with Crippen molar-refractivity contribution >= 4 is 0 Å². The number of rotatable bonds is 1. The Morgan fingerprint density at radius 3 is 2.11 bits per heavy atom. The minimum atomic E-state index is -3.98. The molecule has 0 amide bonds. The van der Waals surface area contributed by atoms with Crippen LogP contribution >= 0.6 is 0 Å². The third kappa shape index (κ3) is 1.36. The van der Waals surface area contributed by atoms with Crippen LogP contribution in [0.15, 0.2) is 0 Å². The SMILES string of the molecule is CNC1CC1C(F)(F)F. The van der Waals surface area contributed by atoms with E-state index in [0.29, 0.717) is 0 Å². The molecule has 9 heavy (non-hydrogen) atoms. The first kappa shape index (κ1) is 6.86. The average Bonchev–Trinajstić information content (AvgIpc) is 2.39. The Morgan fingerprint density at radius 2 is 2.00 bits per heavy atom. The number of alkyl halides is 3. The summed E-state index contributed by atoms with van der Waals surface area (Å²) in [6.45, 7) is 0. The van der Waals surface area contributed by atoms with Crippen molar-refractivity contribution in [1.82, 2.24) is 5.32 Å². The summed E-state index contributed by atoms with van der Waals surface area (Å²) >= 11 is 0. The van der Waals surface area contributed by atoms with Crippen LogP contribution in [0.3, 0.4) is 0 Å². The number of hydrogen-bond donors (Lipinski definition) is 1. The van der Waals surface area contributed by atoms with Crippen LogP contribution in [0.5, 0.6) is 0 Å². The zero-order chi connectivity index (χ0) is 7.07. The molecule has 0 radical (unpaired) electrons. The summed E-state index contributed by atoms with van der Waals surface area (Å²) in [6.07, 6.45) is -3.73. The van der Waals surface area contributed by atoms with Gasteiger partial charge in [0.25, 0.3) is 0 Å². The Kier molecular flexibility index (Phi) is 1.42. The Balaban J connectivity index is 2.33. The monoisotopic (exact) mass is 139 g/mol. The number of nitrogens with one attached hydrogen (secondary N) is 1. The maximum atomic E-state index is 11.6. The lowest BCUT2D eigenvalue weighted by Gasteiger charge is -2.02. The zero-order valence-electron chi connectivity index (χ0n) is 5.00. The molecule has 1 aliphatic carbocycles. The molecule has 4 heteroatoms. The standard InChI is InChI=1S/C5H8F3N/c1-9-4-2-3(4)5(6,7)8/h3-4,9H,2H2,1H3. The van der Waals surface area contributed by atoms with Gasteiger partial charge in [0.15, 0.2) is 0 Å². The van der Waals surface area contributed by atoms with Gasteiger partial charge in [0.2, 0.25) is 0 Å². The first-order chi connectivity index (χ1) is 4.05. The van der Waals surface area contributed by atoms with Crippen LogP contribution in [0.1, 0.15) is 6.42 Å². The van der Waals surface area contributed by atoms with Crippen molar-refractivity contribution in [2.24, 2.45) is 5.92 Å². The molecule has 0 aromatic rings. The van der Waals surface area contributed by atoms with Gasteiger partial charge >= 0.3 is 6.18 Å². The first-order valence-electron chi connectivity index (χ1n) is 2.79. The van der Waals surface area contributed by atoms with Gasteiger partial charge in [0, 0.05) is 6.04 Å². The molecular weight excluding hydrogens is 131 g/mol. The molecule has 1 fully saturated rings. The fourth-order valence-electron chi connectivity index (χ4n) is 0.876. The molecule has 1 rings (SSSR count). The molecule has 54 valence electrons. The average molecular weight is 139 g/mol. The van der Waals surface area contributed by atoms with E-state index in [1.165, 1.54) is 0 Å². The quantitative estimate of drug-likeness (QED) is 0.574. The Morgan fingerprint density at radius 1 is 1.44 bits per heavy atom. The van der Waals surface area contributed by atoms with Gasteiger partial charge in [-0.1, -0.05) is 0 Å². The number of halogens is 3. The van der Waals surface area contributed by atoms with Crippen molar-refractivity contribution in [3.63, 3.8) is 0 Å². The van der Waals surface area contributed by atoms with Crippen LogP contribution in [0.25, 0.3) is 0 Å². The van der Waals surface area contributed by atoms with E-state index in [1.807, 2.05) is 0 Å². The third-order valence-electron chi connectivity index (χ3n) is 1.58. The predicted molar refractivity (Wildman–Crippen MR) is 27.0 cm³/mol. The van der Waals surface area contributed by atoms with Crippen molar-refractivity contribution < 1.29 is 13.2 Å². The van der Waals surface area contributed by atoms with Crippen molar-refractivity contribution in [2.75, 3.05) is 7.05 Å². The predicted octanol–water partition coefficient (Wildman–Crippen LogP) is 1.16. The van der Waals surface area contributed by atoms with Crippen LogP contribution < -0.4 is 5.32 Å². The maximum Gasteiger partial charge on any atom is 0.393 e. The highest BCUT2D eigenvalue weighted by atomic mass is 19.4. The fraction of sp³-hybridized carbons (Fsp3) is 1.00. The van der Waals surface area contributed by atoms with E-state index in [9.17, 15) is 13.2 Å². The van der Waals surface area contributed by atoms with E-state index < -0.39 is 12.1 Å². The maximum absolute atomic E-state index is 11.6. The van der Waals surface area contributed by atoms with Crippen LogP contribution in [-0.4, -0.2) is 19.3 Å². The molecule has 0 heterocycles. The number of hydrogen-bond acceptors (Lipinski definition) is 1. The van der Waals surface area contributed by atoms with Gasteiger partial charge in [0.05, 0.1) is 5.92 Å². The lowest BCUT2D eigenvalue weighted by atomic mass is 10.4. The molecule has 2 unspecified atom stereocenters. The molecule has 0 aromatic carbocycles. The highest BCUT2D eigenvalue weighted by Gasteiger charge is 2.54. The summed E-state index contributed by atoms with van der Waals surface area (Å²) in [4.78, 5) is 0. The van der Waals surface area contributed by atoms with Crippen LogP contribution in [-0.2, 0) is 0 Å². The molecule has 1 nitrogen and oxygen atoms in total. The fourth-order valence-corrected chi connectivity index (χ4v) is 0.876. The van der Waals surface area contributed by atoms with Gasteiger partial charge in [-0.15, -0.1) is 0 Å². The molecular formula is C5H8F3N. The van der Waals surface area contributed by atoms with Crippen LogP contribution in [0.4, 0.5) is 13.2 Å². The van der Waals surface area contributed by atoms with Crippen LogP contribution in [0.2, 0.25) is 0 Å². The molecule has 0 aliphatic heterocycles. The van der Waals surface area contributed by atoms with Crippen molar-refractivity contribution in [3.8, 4) is 0 Å². The van der Waals surface area contributed by atoms with E-state index >= 15 is 0 Å². The minimum absolute atomic E-state index is 0.250. The summed E-state index contributed by atoms with van der Waals surface area (Å²) in [6, 6.07) is -0.315. The second kappa shape index (κ2) is 1.87. The van der Waals surface area contributed by atoms with Gasteiger partial charge in [0.1, 0.15) is 0 Å². The van der Waals surface area contributed by atoms with Gasteiger partial charge < -0.3 is 5.32 Å². The molecule has 0 bridgehead atoms. The third-order valence-corrected chi connectivity index (χ3v) is 1.58. The lowest BCUT2D eigenvalue weighted by molar-refractivity contribution is -0.149. The van der Waals surface area contributed by atoms with E-state index in [4.69, 9.17) is 0 Å². The lowest BCUT2D eigenvalue weighted by Crippen LogP contribution is -2.20. The van der Waals surface area contributed by atoms with Crippen molar-refractivity contribution in [2.45, 2.75) is 18.6 Å². The van der Waals surface area contributed by atoms with E-state index in [1.54, 1.807) is 7.05 Å². The minimum Gasteiger partial charge on any atom is -0.316 e. The zero-order valence-corrected chi connectivity index (χ0v) is 5.00. The smallest absolute Gasteiger partial charge is 0.316 e. The molecule has 0 aromatic heterocycles. The summed E-state index contributed by atoms with van der Waals surface area (Å²) in [5.41, 5.74) is 0. The van der Waals surface area contributed by atoms with Crippen molar-refractivity contribution in [3.05, 3.63) is 0 Å². The van der Waals surface area contributed by atoms with Gasteiger partial charge in [-0.2, -0.15) is 13.2 Å². The molecule has 1 N–H and O–H groups in total. The summed E-state index contributed by atoms with van der Waals surface area (Å²) in [5, 5.41) is 2.58. The Hall–Kier alpha value is -0.250. The molecule has 0 spiro atoms. The molecule has 1 aliphatic rings. The Bertz CT molecular complexity index is 109.